The summed E-state index contributed by atoms with van der Waals surface area (Å²) in [7, 11) is 0. The minimum atomic E-state index is -0.0421. The molecule has 6 nitrogen and oxygen atoms in total. The third-order valence-electron chi connectivity index (χ3n) is 4.53. The first-order chi connectivity index (χ1) is 11.4. The first-order valence-corrected chi connectivity index (χ1v) is 8.95. The summed E-state index contributed by atoms with van der Waals surface area (Å²) in [5.74, 6) is 0.616. The molecule has 2 rings (SSSR count). The zero-order chi connectivity index (χ0) is 17.7. The van der Waals surface area contributed by atoms with Crippen LogP contribution in [0.4, 0.5) is 0 Å². The molecular weight excluding hydrogens is 304 g/mol. The standard InChI is InChI=1S/C18H30N4O2/c1-13(2)12-22-15(4)16(14(3)20-22)11-17(23)19-8-7-18(24)21-9-5-6-10-21/h13H,5-12H2,1-4H3,(H,19,23). The maximum absolute atomic E-state index is 12.2. The van der Waals surface area contributed by atoms with Gasteiger partial charge in [-0.1, -0.05) is 13.8 Å². The zero-order valence-corrected chi connectivity index (χ0v) is 15.4. The van der Waals surface area contributed by atoms with Crippen molar-refractivity contribution < 1.29 is 9.59 Å². The van der Waals surface area contributed by atoms with Gasteiger partial charge < -0.3 is 10.2 Å². The molecule has 1 aromatic rings. The second kappa shape index (κ2) is 8.31. The van der Waals surface area contributed by atoms with Crippen LogP contribution in [0, 0.1) is 19.8 Å². The average molecular weight is 334 g/mol. The number of carbonyl (C=O) groups excluding carboxylic acids is 2. The summed E-state index contributed by atoms with van der Waals surface area (Å²) in [6.07, 6.45) is 2.90. The van der Waals surface area contributed by atoms with Crippen molar-refractivity contribution in [1.82, 2.24) is 20.0 Å². The quantitative estimate of drug-likeness (QED) is 0.827. The summed E-state index contributed by atoms with van der Waals surface area (Å²) in [5, 5.41) is 7.41. The molecule has 0 saturated carbocycles. The second-order valence-electron chi connectivity index (χ2n) is 7.09. The van der Waals surface area contributed by atoms with Gasteiger partial charge in [0.05, 0.1) is 12.1 Å². The van der Waals surface area contributed by atoms with Crippen LogP contribution in [0.2, 0.25) is 0 Å². The van der Waals surface area contributed by atoms with Crippen molar-refractivity contribution >= 4 is 11.8 Å². The molecule has 2 amide bonds. The van der Waals surface area contributed by atoms with E-state index in [0.29, 0.717) is 25.3 Å². The van der Waals surface area contributed by atoms with E-state index in [4.69, 9.17) is 0 Å². The minimum absolute atomic E-state index is 0.0421. The number of carbonyl (C=O) groups is 2. The van der Waals surface area contributed by atoms with Gasteiger partial charge >= 0.3 is 0 Å². The number of hydrogen-bond donors (Lipinski definition) is 1. The number of rotatable bonds is 7. The molecule has 0 aromatic carbocycles. The van der Waals surface area contributed by atoms with E-state index in [1.807, 2.05) is 23.4 Å². The van der Waals surface area contributed by atoms with E-state index in [-0.39, 0.29) is 11.8 Å². The Bertz CT molecular complexity index is 586. The van der Waals surface area contributed by atoms with Crippen LogP contribution in [0.25, 0.3) is 0 Å². The highest BCUT2D eigenvalue weighted by molar-refractivity contribution is 5.81. The molecule has 0 unspecified atom stereocenters. The van der Waals surface area contributed by atoms with E-state index in [2.05, 4.69) is 24.3 Å². The summed E-state index contributed by atoms with van der Waals surface area (Å²) in [6, 6.07) is 0. The number of amides is 2. The number of likely N-dealkylation sites (tertiary alicyclic amines) is 1. The van der Waals surface area contributed by atoms with Gasteiger partial charge in [0, 0.05) is 43.9 Å². The van der Waals surface area contributed by atoms with Gasteiger partial charge in [-0.15, -0.1) is 0 Å². The van der Waals surface area contributed by atoms with Crippen LogP contribution in [-0.4, -0.2) is 46.1 Å². The Kier molecular flexibility index (Phi) is 6.40. The lowest BCUT2D eigenvalue weighted by atomic mass is 10.1. The predicted octanol–water partition coefficient (Wildman–Crippen LogP) is 1.83. The molecule has 0 bridgehead atoms. The van der Waals surface area contributed by atoms with Gasteiger partial charge in [0.15, 0.2) is 0 Å². The SMILES string of the molecule is Cc1nn(CC(C)C)c(C)c1CC(=O)NCCC(=O)N1CCCC1. The van der Waals surface area contributed by atoms with Crippen LogP contribution in [-0.2, 0) is 22.6 Å². The molecule has 1 N–H and O–H groups in total. The smallest absolute Gasteiger partial charge is 0.224 e. The molecule has 0 spiro atoms. The molecular formula is C18H30N4O2. The topological polar surface area (TPSA) is 67.2 Å². The highest BCUT2D eigenvalue weighted by Gasteiger charge is 2.18. The van der Waals surface area contributed by atoms with Crippen LogP contribution in [0.5, 0.6) is 0 Å². The van der Waals surface area contributed by atoms with Crippen molar-refractivity contribution in [1.29, 1.82) is 0 Å². The Morgan fingerprint density at radius 3 is 2.50 bits per heavy atom. The van der Waals surface area contributed by atoms with Crippen molar-refractivity contribution in [3.05, 3.63) is 17.0 Å². The molecule has 0 aliphatic carbocycles. The molecule has 1 aromatic heterocycles. The first kappa shape index (κ1) is 18.5. The highest BCUT2D eigenvalue weighted by atomic mass is 16.2. The fourth-order valence-corrected chi connectivity index (χ4v) is 3.17. The van der Waals surface area contributed by atoms with E-state index in [0.717, 1.165) is 49.4 Å². The van der Waals surface area contributed by atoms with Crippen LogP contribution >= 0.6 is 0 Å². The van der Waals surface area contributed by atoms with Crippen LogP contribution in [0.15, 0.2) is 0 Å². The lowest BCUT2D eigenvalue weighted by Gasteiger charge is -2.15. The Morgan fingerprint density at radius 1 is 1.21 bits per heavy atom. The fourth-order valence-electron chi connectivity index (χ4n) is 3.17. The summed E-state index contributed by atoms with van der Waals surface area (Å²) in [6.45, 7) is 11.3. The van der Waals surface area contributed by atoms with Gasteiger partial charge in [0.25, 0.3) is 0 Å². The van der Waals surface area contributed by atoms with E-state index >= 15 is 0 Å². The maximum Gasteiger partial charge on any atom is 0.224 e. The lowest BCUT2D eigenvalue weighted by Crippen LogP contribution is -2.33. The first-order valence-electron chi connectivity index (χ1n) is 8.95. The summed E-state index contributed by atoms with van der Waals surface area (Å²) < 4.78 is 1.99. The number of aromatic nitrogens is 2. The molecule has 134 valence electrons. The Morgan fingerprint density at radius 2 is 1.88 bits per heavy atom. The monoisotopic (exact) mass is 334 g/mol. The summed E-state index contributed by atoms with van der Waals surface area (Å²) in [4.78, 5) is 26.0. The Balaban J connectivity index is 1.81. The summed E-state index contributed by atoms with van der Waals surface area (Å²) >= 11 is 0. The van der Waals surface area contributed by atoms with Gasteiger partial charge in [-0.2, -0.15) is 5.10 Å². The second-order valence-corrected chi connectivity index (χ2v) is 7.09. The number of hydrogen-bond acceptors (Lipinski definition) is 3. The number of nitrogens with zero attached hydrogens (tertiary/aromatic N) is 3. The average Bonchev–Trinajstić information content (AvgIpc) is 3.12. The third-order valence-corrected chi connectivity index (χ3v) is 4.53. The van der Waals surface area contributed by atoms with Crippen LogP contribution in [0.3, 0.4) is 0 Å². The van der Waals surface area contributed by atoms with Crippen molar-refractivity contribution in [2.75, 3.05) is 19.6 Å². The maximum atomic E-state index is 12.2. The fraction of sp³-hybridized carbons (Fsp3) is 0.722. The molecule has 1 aliphatic heterocycles. The lowest BCUT2D eigenvalue weighted by molar-refractivity contribution is -0.130. The molecule has 6 heteroatoms. The van der Waals surface area contributed by atoms with E-state index in [1.54, 1.807) is 0 Å². The Hall–Kier alpha value is -1.85. The van der Waals surface area contributed by atoms with Crippen molar-refractivity contribution in [3.63, 3.8) is 0 Å². The van der Waals surface area contributed by atoms with Gasteiger partial charge in [-0.25, -0.2) is 0 Å². The van der Waals surface area contributed by atoms with Crippen LogP contribution in [0.1, 0.15) is 50.1 Å². The van der Waals surface area contributed by atoms with Gasteiger partial charge in [0.1, 0.15) is 0 Å². The normalized spacial score (nSPS) is 14.5. The predicted molar refractivity (Wildman–Crippen MR) is 93.7 cm³/mol. The van der Waals surface area contributed by atoms with Crippen molar-refractivity contribution in [2.24, 2.45) is 5.92 Å². The molecule has 24 heavy (non-hydrogen) atoms. The van der Waals surface area contributed by atoms with Crippen molar-refractivity contribution in [2.45, 2.75) is 59.9 Å². The molecule has 0 radical (unpaired) electrons. The highest BCUT2D eigenvalue weighted by Crippen LogP contribution is 2.15. The minimum Gasteiger partial charge on any atom is -0.355 e. The molecule has 2 heterocycles. The molecule has 0 atom stereocenters. The van der Waals surface area contributed by atoms with Crippen molar-refractivity contribution in [3.8, 4) is 0 Å². The Labute approximate surface area is 144 Å². The zero-order valence-electron chi connectivity index (χ0n) is 15.4. The molecule has 1 fully saturated rings. The van der Waals surface area contributed by atoms with Gasteiger partial charge in [0.2, 0.25) is 11.8 Å². The van der Waals surface area contributed by atoms with Crippen LogP contribution < -0.4 is 5.32 Å². The summed E-state index contributed by atoms with van der Waals surface area (Å²) in [5.41, 5.74) is 2.97. The van der Waals surface area contributed by atoms with Gasteiger partial charge in [-0.3, -0.25) is 14.3 Å². The number of aryl methyl sites for hydroxylation is 1. The van der Waals surface area contributed by atoms with E-state index < -0.39 is 0 Å². The van der Waals surface area contributed by atoms with Gasteiger partial charge in [-0.05, 0) is 32.6 Å². The molecule has 1 aliphatic rings. The largest absolute Gasteiger partial charge is 0.355 e. The third kappa shape index (κ3) is 4.82. The van der Waals surface area contributed by atoms with E-state index in [9.17, 15) is 9.59 Å². The van der Waals surface area contributed by atoms with E-state index in [1.165, 1.54) is 0 Å². The number of nitrogens with one attached hydrogen (secondary N) is 1. The molecule has 1 saturated heterocycles.